The topological polar surface area (TPSA) is 79.0 Å². The van der Waals surface area contributed by atoms with Gasteiger partial charge in [0.15, 0.2) is 0 Å². The summed E-state index contributed by atoms with van der Waals surface area (Å²) < 4.78 is 5.08. The summed E-state index contributed by atoms with van der Waals surface area (Å²) in [6.45, 7) is 2.58. The molecule has 4 aliphatic carbocycles. The van der Waals surface area contributed by atoms with Crippen LogP contribution in [-0.4, -0.2) is 67.4 Å². The lowest BCUT2D eigenvalue weighted by atomic mass is 9.49. The molecule has 1 saturated heterocycles. The molecule has 5 aliphatic rings. The van der Waals surface area contributed by atoms with Gasteiger partial charge in [-0.3, -0.25) is 14.5 Å². The Labute approximate surface area is 230 Å². The van der Waals surface area contributed by atoms with Crippen LogP contribution in [-0.2, 0) is 14.3 Å². The van der Waals surface area contributed by atoms with E-state index in [-0.39, 0.29) is 35.8 Å². The fourth-order valence-corrected chi connectivity index (χ4v) is 8.33. The number of methoxy groups -OCH3 is 1. The number of piperazine rings is 1. The highest BCUT2D eigenvalue weighted by molar-refractivity contribution is 5.91. The number of carbonyl (C=O) groups excluding carboxylic acids is 3. The zero-order chi connectivity index (χ0) is 27.0. The molecule has 0 aromatic heterocycles. The Morgan fingerprint density at radius 1 is 0.872 bits per heavy atom. The molecule has 2 amide bonds. The average Bonchev–Trinajstić information content (AvgIpc) is 2.96. The first kappa shape index (κ1) is 26.1. The highest BCUT2D eigenvalue weighted by atomic mass is 16.5. The molecule has 2 aromatic carbocycles. The largest absolute Gasteiger partial charge is 0.465 e. The van der Waals surface area contributed by atoms with Crippen molar-refractivity contribution in [3.63, 3.8) is 0 Å². The van der Waals surface area contributed by atoms with Crippen LogP contribution >= 0.6 is 0 Å². The van der Waals surface area contributed by atoms with E-state index in [0.29, 0.717) is 49.5 Å². The molecule has 7 nitrogen and oxygen atoms in total. The molecule has 1 unspecified atom stereocenters. The highest BCUT2D eigenvalue weighted by Crippen LogP contribution is 2.60. The van der Waals surface area contributed by atoms with Crippen molar-refractivity contribution in [1.29, 1.82) is 0 Å². The molecule has 1 N–H and O–H groups in total. The third-order valence-electron chi connectivity index (χ3n) is 9.73. The molecule has 7 heteroatoms. The first-order chi connectivity index (χ1) is 19.0. The van der Waals surface area contributed by atoms with E-state index < -0.39 is 0 Å². The van der Waals surface area contributed by atoms with E-state index in [4.69, 9.17) is 4.74 Å². The van der Waals surface area contributed by atoms with Crippen LogP contribution in [0.3, 0.4) is 0 Å². The number of rotatable bonds is 7. The maximum absolute atomic E-state index is 13.3. The zero-order valence-electron chi connectivity index (χ0n) is 22.8. The van der Waals surface area contributed by atoms with Crippen LogP contribution in [0.25, 0.3) is 0 Å². The predicted octanol–water partition coefficient (Wildman–Crippen LogP) is 4.04. The smallest absolute Gasteiger partial charge is 0.338 e. The monoisotopic (exact) mass is 529 g/mol. The lowest BCUT2D eigenvalue weighted by Gasteiger charge is -2.55. The van der Waals surface area contributed by atoms with Crippen LogP contribution in [0.5, 0.6) is 0 Å². The Hall–Kier alpha value is -3.19. The zero-order valence-corrected chi connectivity index (χ0v) is 22.8. The SMILES string of the molecule is COC(=O)c1ccccc1C(c1ccccc1)N1CCN(C(=O)CNC(=O)C23CC4CC(CC(C4)C2)C3)CC1. The lowest BCUT2D eigenvalue weighted by Crippen LogP contribution is -2.56. The van der Waals surface area contributed by atoms with Gasteiger partial charge in [-0.15, -0.1) is 0 Å². The summed E-state index contributed by atoms with van der Waals surface area (Å²) in [4.78, 5) is 43.3. The summed E-state index contributed by atoms with van der Waals surface area (Å²) >= 11 is 0. The van der Waals surface area contributed by atoms with Gasteiger partial charge in [-0.2, -0.15) is 0 Å². The number of amides is 2. The molecule has 4 bridgehead atoms. The van der Waals surface area contributed by atoms with Gasteiger partial charge in [-0.25, -0.2) is 4.79 Å². The fraction of sp³-hybridized carbons (Fsp3) is 0.531. The van der Waals surface area contributed by atoms with E-state index in [2.05, 4.69) is 22.3 Å². The average molecular weight is 530 g/mol. The van der Waals surface area contributed by atoms with Crippen molar-refractivity contribution in [3.8, 4) is 0 Å². The van der Waals surface area contributed by atoms with Gasteiger partial charge in [0.25, 0.3) is 0 Å². The van der Waals surface area contributed by atoms with E-state index >= 15 is 0 Å². The van der Waals surface area contributed by atoms with E-state index in [0.717, 1.165) is 30.4 Å². The Bertz CT molecular complexity index is 1190. The van der Waals surface area contributed by atoms with Gasteiger partial charge in [0, 0.05) is 31.6 Å². The minimum absolute atomic E-state index is 0.0149. The number of ether oxygens (including phenoxy) is 1. The van der Waals surface area contributed by atoms with Crippen LogP contribution < -0.4 is 5.32 Å². The van der Waals surface area contributed by atoms with Gasteiger partial charge < -0.3 is 15.0 Å². The standard InChI is InChI=1S/C32H39N3O4/c1-39-30(37)27-10-6-5-9-26(27)29(25-7-3-2-4-8-25)35-13-11-34(12-14-35)28(36)21-33-31(38)32-18-22-15-23(19-32)17-24(16-22)20-32/h2-10,22-24,29H,11-21H2,1H3,(H,33,38). The molecule has 1 heterocycles. The second kappa shape index (κ2) is 10.8. The van der Waals surface area contributed by atoms with Gasteiger partial charge in [0.2, 0.25) is 11.8 Å². The van der Waals surface area contributed by atoms with Gasteiger partial charge in [-0.1, -0.05) is 48.5 Å². The van der Waals surface area contributed by atoms with Crippen molar-refractivity contribution in [1.82, 2.24) is 15.1 Å². The lowest BCUT2D eigenvalue weighted by molar-refractivity contribution is -0.148. The Kier molecular flexibility index (Phi) is 7.19. The third kappa shape index (κ3) is 5.09. The molecule has 206 valence electrons. The molecule has 4 saturated carbocycles. The van der Waals surface area contributed by atoms with Crippen LogP contribution in [0.15, 0.2) is 54.6 Å². The van der Waals surface area contributed by atoms with Crippen molar-refractivity contribution in [2.45, 2.75) is 44.6 Å². The number of nitrogens with one attached hydrogen (secondary N) is 1. The van der Waals surface area contributed by atoms with Crippen LogP contribution in [0.4, 0.5) is 0 Å². The first-order valence-corrected chi connectivity index (χ1v) is 14.5. The summed E-state index contributed by atoms with van der Waals surface area (Å²) in [5.41, 5.74) is 2.32. The Morgan fingerprint density at radius 2 is 1.46 bits per heavy atom. The predicted molar refractivity (Wildman–Crippen MR) is 148 cm³/mol. The van der Waals surface area contributed by atoms with Gasteiger partial charge in [0.1, 0.15) is 0 Å². The second-order valence-electron chi connectivity index (χ2n) is 12.2. The van der Waals surface area contributed by atoms with Gasteiger partial charge in [-0.05, 0) is 73.5 Å². The number of nitrogens with zero attached hydrogens (tertiary/aromatic N) is 2. The van der Waals surface area contributed by atoms with E-state index in [1.807, 2.05) is 47.4 Å². The molecule has 2 aromatic rings. The van der Waals surface area contributed by atoms with Gasteiger partial charge >= 0.3 is 5.97 Å². The Balaban J connectivity index is 1.10. The molecule has 0 spiro atoms. The van der Waals surface area contributed by atoms with Crippen LogP contribution in [0.1, 0.15) is 66.1 Å². The molecule has 39 heavy (non-hydrogen) atoms. The molecule has 7 rings (SSSR count). The number of esters is 1. The molecule has 0 radical (unpaired) electrons. The number of benzene rings is 2. The van der Waals surface area contributed by atoms with Crippen LogP contribution in [0, 0.1) is 23.2 Å². The van der Waals surface area contributed by atoms with E-state index in [9.17, 15) is 14.4 Å². The summed E-state index contributed by atoms with van der Waals surface area (Å²) in [5, 5.41) is 3.05. The van der Waals surface area contributed by atoms with Crippen molar-refractivity contribution in [3.05, 3.63) is 71.3 Å². The number of hydrogen-bond acceptors (Lipinski definition) is 5. The first-order valence-electron chi connectivity index (χ1n) is 14.5. The van der Waals surface area contributed by atoms with Crippen LogP contribution in [0.2, 0.25) is 0 Å². The number of hydrogen-bond donors (Lipinski definition) is 1. The molecule has 5 fully saturated rings. The summed E-state index contributed by atoms with van der Waals surface area (Å²) in [5.74, 6) is 1.85. The van der Waals surface area contributed by atoms with Crippen molar-refractivity contribution >= 4 is 17.8 Å². The maximum Gasteiger partial charge on any atom is 0.338 e. The van der Waals surface area contributed by atoms with E-state index in [1.54, 1.807) is 0 Å². The van der Waals surface area contributed by atoms with Gasteiger partial charge in [0.05, 0.1) is 25.3 Å². The Morgan fingerprint density at radius 3 is 2.08 bits per heavy atom. The van der Waals surface area contributed by atoms with E-state index in [1.165, 1.54) is 26.4 Å². The minimum atomic E-state index is -0.352. The fourth-order valence-electron chi connectivity index (χ4n) is 8.33. The third-order valence-corrected chi connectivity index (χ3v) is 9.73. The van der Waals surface area contributed by atoms with Crippen molar-refractivity contribution < 1.29 is 19.1 Å². The highest BCUT2D eigenvalue weighted by Gasteiger charge is 2.54. The quantitative estimate of drug-likeness (QED) is 0.548. The minimum Gasteiger partial charge on any atom is -0.465 e. The maximum atomic E-state index is 13.3. The summed E-state index contributed by atoms with van der Waals surface area (Å²) in [6.07, 6.45) is 6.90. The molecular weight excluding hydrogens is 490 g/mol. The molecule has 1 atom stereocenters. The number of carbonyl (C=O) groups is 3. The van der Waals surface area contributed by atoms with Crippen molar-refractivity contribution in [2.24, 2.45) is 23.2 Å². The summed E-state index contributed by atoms with van der Waals surface area (Å²) in [7, 11) is 1.41. The second-order valence-corrected chi connectivity index (χ2v) is 12.2. The summed E-state index contributed by atoms with van der Waals surface area (Å²) in [6, 6.07) is 17.6. The molecule has 1 aliphatic heterocycles. The molecular formula is C32H39N3O4. The van der Waals surface area contributed by atoms with Crippen molar-refractivity contribution in [2.75, 3.05) is 39.8 Å². The normalized spacial score (nSPS) is 28.6.